The molecule has 0 fully saturated rings. The Morgan fingerprint density at radius 2 is 2.16 bits per heavy atom. The number of hydrogen-bond acceptors (Lipinski definition) is 4. The molecule has 2 aromatic rings. The largest absolute Gasteiger partial charge is 0.494 e. The fourth-order valence-electron chi connectivity index (χ4n) is 1.96. The van der Waals surface area contributed by atoms with Gasteiger partial charge < -0.3 is 10.5 Å². The Morgan fingerprint density at radius 3 is 2.84 bits per heavy atom. The van der Waals surface area contributed by atoms with Crippen LogP contribution in [-0.4, -0.2) is 11.6 Å². The first kappa shape index (κ1) is 12.9. The van der Waals surface area contributed by atoms with Crippen LogP contribution in [-0.2, 0) is 0 Å². The number of nitriles is 1. The van der Waals surface area contributed by atoms with Gasteiger partial charge in [0.1, 0.15) is 23.2 Å². The molecule has 0 saturated carbocycles. The molecule has 1 aromatic heterocycles. The van der Waals surface area contributed by atoms with Gasteiger partial charge in [0.2, 0.25) is 0 Å². The summed E-state index contributed by atoms with van der Waals surface area (Å²) in [4.78, 5) is 4.11. The van der Waals surface area contributed by atoms with Crippen molar-refractivity contribution < 1.29 is 4.74 Å². The maximum atomic E-state index is 9.22. The van der Waals surface area contributed by atoms with E-state index in [1.807, 2.05) is 44.2 Å². The molecule has 1 heterocycles. The lowest BCUT2D eigenvalue weighted by Crippen LogP contribution is -1.99. The quantitative estimate of drug-likeness (QED) is 0.912. The van der Waals surface area contributed by atoms with Gasteiger partial charge in [-0.05, 0) is 37.6 Å². The Morgan fingerprint density at radius 1 is 1.37 bits per heavy atom. The Kier molecular flexibility index (Phi) is 3.67. The molecule has 0 aliphatic heterocycles. The third kappa shape index (κ3) is 2.66. The van der Waals surface area contributed by atoms with Crippen LogP contribution in [0.25, 0.3) is 11.1 Å². The van der Waals surface area contributed by atoms with Crippen LogP contribution in [0.15, 0.2) is 30.3 Å². The monoisotopic (exact) mass is 253 g/mol. The van der Waals surface area contributed by atoms with E-state index in [2.05, 4.69) is 11.1 Å². The van der Waals surface area contributed by atoms with Gasteiger partial charge in [-0.3, -0.25) is 0 Å². The first-order valence-corrected chi connectivity index (χ1v) is 6.06. The highest BCUT2D eigenvalue weighted by atomic mass is 16.5. The summed E-state index contributed by atoms with van der Waals surface area (Å²) in [6, 6.07) is 11.6. The van der Waals surface area contributed by atoms with E-state index in [1.54, 1.807) is 0 Å². The summed E-state index contributed by atoms with van der Waals surface area (Å²) in [6.07, 6.45) is 0. The summed E-state index contributed by atoms with van der Waals surface area (Å²) >= 11 is 0. The highest BCUT2D eigenvalue weighted by molar-refractivity contribution is 5.76. The average molecular weight is 253 g/mol. The molecular weight excluding hydrogens is 238 g/mol. The molecule has 0 aliphatic rings. The highest BCUT2D eigenvalue weighted by Crippen LogP contribution is 2.29. The van der Waals surface area contributed by atoms with Crippen molar-refractivity contribution in [3.05, 3.63) is 41.6 Å². The van der Waals surface area contributed by atoms with E-state index in [1.165, 1.54) is 0 Å². The molecule has 0 spiro atoms. The molecule has 0 unspecified atom stereocenters. The summed E-state index contributed by atoms with van der Waals surface area (Å²) in [6.45, 7) is 4.39. The lowest BCUT2D eigenvalue weighted by molar-refractivity contribution is 0.340. The minimum Gasteiger partial charge on any atom is -0.494 e. The van der Waals surface area contributed by atoms with E-state index in [0.717, 1.165) is 22.6 Å². The van der Waals surface area contributed by atoms with Crippen molar-refractivity contribution in [3.63, 3.8) is 0 Å². The molecule has 0 bridgehead atoms. The predicted octanol–water partition coefficient (Wildman–Crippen LogP) is 2.91. The second-order valence-corrected chi connectivity index (χ2v) is 4.14. The van der Waals surface area contributed by atoms with Crippen LogP contribution >= 0.6 is 0 Å². The molecule has 0 amide bonds. The lowest BCUT2D eigenvalue weighted by atomic mass is 10.0. The fraction of sp³-hybridized carbons (Fsp3) is 0.200. The van der Waals surface area contributed by atoms with Crippen LogP contribution in [0.4, 0.5) is 5.82 Å². The summed E-state index contributed by atoms with van der Waals surface area (Å²) in [5.41, 5.74) is 8.68. The van der Waals surface area contributed by atoms with E-state index in [4.69, 9.17) is 10.5 Å². The molecule has 0 atom stereocenters. The highest BCUT2D eigenvalue weighted by Gasteiger charge is 2.11. The molecule has 4 heteroatoms. The predicted molar refractivity (Wildman–Crippen MR) is 74.7 cm³/mol. The zero-order valence-electron chi connectivity index (χ0n) is 11.0. The zero-order chi connectivity index (χ0) is 13.8. The van der Waals surface area contributed by atoms with E-state index in [9.17, 15) is 5.26 Å². The maximum Gasteiger partial charge on any atom is 0.142 e. The van der Waals surface area contributed by atoms with Gasteiger partial charge >= 0.3 is 0 Å². The topological polar surface area (TPSA) is 71.9 Å². The summed E-state index contributed by atoms with van der Waals surface area (Å²) in [7, 11) is 0. The summed E-state index contributed by atoms with van der Waals surface area (Å²) < 4.78 is 5.47. The maximum absolute atomic E-state index is 9.22. The molecule has 0 aliphatic carbocycles. The van der Waals surface area contributed by atoms with Crippen molar-refractivity contribution >= 4 is 5.82 Å². The Bertz CT molecular complexity index is 644. The van der Waals surface area contributed by atoms with Gasteiger partial charge in [-0.2, -0.15) is 5.26 Å². The van der Waals surface area contributed by atoms with Crippen molar-refractivity contribution in [1.82, 2.24) is 4.98 Å². The molecule has 4 nitrogen and oxygen atoms in total. The first-order chi connectivity index (χ1) is 9.15. The molecular formula is C15H15N3O. The number of benzene rings is 1. The van der Waals surface area contributed by atoms with Crippen LogP contribution < -0.4 is 10.5 Å². The van der Waals surface area contributed by atoms with Gasteiger partial charge in [0.25, 0.3) is 0 Å². The first-order valence-electron chi connectivity index (χ1n) is 6.06. The summed E-state index contributed by atoms with van der Waals surface area (Å²) in [5.74, 6) is 1.04. The minimum absolute atomic E-state index is 0.263. The van der Waals surface area contributed by atoms with Crippen molar-refractivity contribution in [2.45, 2.75) is 13.8 Å². The minimum atomic E-state index is 0.263. The van der Waals surface area contributed by atoms with Crippen LogP contribution in [0.3, 0.4) is 0 Å². The average Bonchev–Trinajstić information content (AvgIpc) is 2.38. The van der Waals surface area contributed by atoms with Crippen LogP contribution in [0, 0.1) is 18.3 Å². The van der Waals surface area contributed by atoms with Crippen LogP contribution in [0.2, 0.25) is 0 Å². The smallest absolute Gasteiger partial charge is 0.142 e. The molecule has 2 N–H and O–H groups in total. The number of rotatable bonds is 3. The number of ether oxygens (including phenoxy) is 1. The number of nitrogen functional groups attached to an aromatic ring is 1. The van der Waals surface area contributed by atoms with E-state index in [0.29, 0.717) is 12.2 Å². The number of hydrogen-bond donors (Lipinski definition) is 1. The standard InChI is InChI=1S/C15H15N3O/c1-3-19-12-6-4-5-11(8-12)13-7-10(2)18-15(17)14(13)9-16/h4-8H,3H2,1-2H3,(H2,17,18). The van der Waals surface area contributed by atoms with Crippen molar-refractivity contribution in [3.8, 4) is 22.9 Å². The molecule has 0 radical (unpaired) electrons. The van der Waals surface area contributed by atoms with Crippen molar-refractivity contribution in [1.29, 1.82) is 5.26 Å². The van der Waals surface area contributed by atoms with Crippen LogP contribution in [0.1, 0.15) is 18.2 Å². The van der Waals surface area contributed by atoms with Gasteiger partial charge in [-0.1, -0.05) is 12.1 Å². The van der Waals surface area contributed by atoms with Gasteiger partial charge in [0.15, 0.2) is 0 Å². The fourth-order valence-corrected chi connectivity index (χ4v) is 1.96. The second kappa shape index (κ2) is 5.40. The van der Waals surface area contributed by atoms with Crippen molar-refractivity contribution in [2.24, 2.45) is 0 Å². The second-order valence-electron chi connectivity index (χ2n) is 4.14. The number of pyridine rings is 1. The SMILES string of the molecule is CCOc1cccc(-c2cc(C)nc(N)c2C#N)c1. The van der Waals surface area contributed by atoms with Gasteiger partial charge in [0, 0.05) is 11.3 Å². The Hall–Kier alpha value is -2.54. The third-order valence-corrected chi connectivity index (χ3v) is 2.74. The molecule has 1 aromatic carbocycles. The molecule has 96 valence electrons. The molecule has 0 saturated heterocycles. The number of nitrogens with zero attached hydrogens (tertiary/aromatic N) is 2. The van der Waals surface area contributed by atoms with E-state index >= 15 is 0 Å². The van der Waals surface area contributed by atoms with Gasteiger partial charge in [0.05, 0.1) is 6.61 Å². The van der Waals surface area contributed by atoms with Gasteiger partial charge in [-0.25, -0.2) is 4.98 Å². The summed E-state index contributed by atoms with van der Waals surface area (Å²) in [5, 5.41) is 9.22. The number of nitrogens with two attached hydrogens (primary N) is 1. The van der Waals surface area contributed by atoms with Gasteiger partial charge in [-0.15, -0.1) is 0 Å². The lowest BCUT2D eigenvalue weighted by Gasteiger charge is -2.10. The molecule has 19 heavy (non-hydrogen) atoms. The number of aryl methyl sites for hydroxylation is 1. The Balaban J connectivity index is 2.58. The Labute approximate surface area is 112 Å². The number of aromatic nitrogens is 1. The molecule has 2 rings (SSSR count). The van der Waals surface area contributed by atoms with Crippen LogP contribution in [0.5, 0.6) is 5.75 Å². The van der Waals surface area contributed by atoms with E-state index < -0.39 is 0 Å². The van der Waals surface area contributed by atoms with E-state index in [-0.39, 0.29) is 5.82 Å². The van der Waals surface area contributed by atoms with Crippen molar-refractivity contribution in [2.75, 3.05) is 12.3 Å². The third-order valence-electron chi connectivity index (χ3n) is 2.74. The normalized spacial score (nSPS) is 9.95. The number of anilines is 1. The zero-order valence-corrected chi connectivity index (χ0v) is 11.0.